The Hall–Kier alpha value is -2.88. The van der Waals surface area contributed by atoms with Gasteiger partial charge < -0.3 is 9.47 Å². The summed E-state index contributed by atoms with van der Waals surface area (Å²) in [5.74, 6) is 0.575. The molecule has 1 N–H and O–H groups in total. The molecule has 156 valence electrons. The smallest absolute Gasteiger partial charge is 0.412 e. The van der Waals surface area contributed by atoms with Gasteiger partial charge in [0.05, 0.1) is 23.4 Å². The lowest BCUT2D eigenvalue weighted by Gasteiger charge is -2.31. The molecule has 0 aliphatic carbocycles. The van der Waals surface area contributed by atoms with Gasteiger partial charge in [-0.2, -0.15) is 4.31 Å². The number of ether oxygens (including phenoxy) is 2. The molecule has 0 saturated carbocycles. The predicted octanol–water partition coefficient (Wildman–Crippen LogP) is 4.25. The normalized spacial score (nSPS) is 16.5. The molecule has 7 nitrogen and oxygen atoms in total. The van der Waals surface area contributed by atoms with Gasteiger partial charge in [0.25, 0.3) is 0 Å². The zero-order valence-corrected chi connectivity index (χ0v) is 17.8. The highest BCUT2D eigenvalue weighted by molar-refractivity contribution is 7.89. The summed E-state index contributed by atoms with van der Waals surface area (Å²) >= 11 is 1.45. The fraction of sp³-hybridized carbons (Fsp3) is 0.190. The molecule has 0 fully saturated rings. The molecular weight excluding hydrogens is 424 g/mol. The lowest BCUT2D eigenvalue weighted by Crippen LogP contribution is -2.39. The monoisotopic (exact) mass is 444 g/mol. The van der Waals surface area contributed by atoms with E-state index in [-0.39, 0.29) is 18.0 Å². The number of carbonyl (C=O) groups is 1. The lowest BCUT2D eigenvalue weighted by molar-refractivity contribution is 0.0908. The number of hydrogen-bond acceptors (Lipinski definition) is 6. The largest absolute Gasteiger partial charge is 0.497 e. The van der Waals surface area contributed by atoms with Gasteiger partial charge >= 0.3 is 6.09 Å². The van der Waals surface area contributed by atoms with E-state index in [2.05, 4.69) is 5.32 Å². The molecule has 4 rings (SSSR count). The zero-order valence-electron chi connectivity index (χ0n) is 16.1. The standard InChI is InChI=1S/C21H20N2O5S2/c1-27-17-7-9-18(10-8-17)30(25,26)23-13-15-11-12-29-20(15)19(14-23)28-21(24)22-16-5-3-2-4-6-16/h2-12,19H,13-14H2,1H3,(H,22,24). The van der Waals surface area contributed by atoms with Crippen LogP contribution in [0.2, 0.25) is 0 Å². The molecule has 1 unspecified atom stereocenters. The molecule has 1 aliphatic rings. The maximum Gasteiger partial charge on any atom is 0.412 e. The van der Waals surface area contributed by atoms with Gasteiger partial charge in [0.2, 0.25) is 10.0 Å². The highest BCUT2D eigenvalue weighted by Gasteiger charge is 2.36. The van der Waals surface area contributed by atoms with E-state index in [4.69, 9.17) is 9.47 Å². The van der Waals surface area contributed by atoms with E-state index in [9.17, 15) is 13.2 Å². The van der Waals surface area contributed by atoms with Crippen LogP contribution in [-0.2, 0) is 21.3 Å². The van der Waals surface area contributed by atoms with Crippen LogP contribution in [-0.4, -0.2) is 32.5 Å². The molecule has 1 atom stereocenters. The van der Waals surface area contributed by atoms with E-state index in [0.29, 0.717) is 11.4 Å². The van der Waals surface area contributed by atoms with E-state index >= 15 is 0 Å². The Bertz CT molecular complexity index is 1130. The molecule has 0 spiro atoms. The highest BCUT2D eigenvalue weighted by atomic mass is 32.2. The first-order chi connectivity index (χ1) is 14.5. The van der Waals surface area contributed by atoms with Crippen molar-refractivity contribution in [2.24, 2.45) is 0 Å². The number of amides is 1. The number of benzene rings is 2. The maximum absolute atomic E-state index is 13.2. The third kappa shape index (κ3) is 4.18. The van der Waals surface area contributed by atoms with Crippen LogP contribution in [0.4, 0.5) is 10.5 Å². The second-order valence-electron chi connectivity index (χ2n) is 6.67. The SMILES string of the molecule is COc1ccc(S(=O)(=O)N2Cc3ccsc3C(OC(=O)Nc3ccccc3)C2)cc1. The first-order valence-electron chi connectivity index (χ1n) is 9.20. The van der Waals surface area contributed by atoms with E-state index in [1.54, 1.807) is 36.4 Å². The molecule has 1 aliphatic heterocycles. The Morgan fingerprint density at radius 3 is 2.53 bits per heavy atom. The van der Waals surface area contributed by atoms with E-state index in [0.717, 1.165) is 10.4 Å². The first kappa shape index (κ1) is 20.4. The molecule has 0 radical (unpaired) electrons. The Morgan fingerprint density at radius 1 is 1.10 bits per heavy atom. The second kappa shape index (κ2) is 8.47. The van der Waals surface area contributed by atoms with Crippen LogP contribution in [0.15, 0.2) is 70.9 Å². The number of hydrogen-bond donors (Lipinski definition) is 1. The highest BCUT2D eigenvalue weighted by Crippen LogP contribution is 2.36. The van der Waals surface area contributed by atoms with Crippen molar-refractivity contribution in [2.75, 3.05) is 19.0 Å². The number of sulfonamides is 1. The minimum absolute atomic E-state index is 0.0457. The van der Waals surface area contributed by atoms with Gasteiger partial charge in [0, 0.05) is 12.2 Å². The van der Waals surface area contributed by atoms with E-state index in [1.807, 2.05) is 17.5 Å². The topological polar surface area (TPSA) is 84.9 Å². The summed E-state index contributed by atoms with van der Waals surface area (Å²) in [7, 11) is -2.24. The average Bonchev–Trinajstić information content (AvgIpc) is 3.23. The molecule has 1 amide bonds. The van der Waals surface area contributed by atoms with Gasteiger partial charge in [-0.3, -0.25) is 5.32 Å². The number of anilines is 1. The van der Waals surface area contributed by atoms with Crippen LogP contribution in [0.25, 0.3) is 0 Å². The lowest BCUT2D eigenvalue weighted by atomic mass is 10.1. The molecular formula is C21H20N2O5S2. The van der Waals surface area contributed by atoms with Crippen LogP contribution in [0.3, 0.4) is 0 Å². The van der Waals surface area contributed by atoms with Crippen LogP contribution >= 0.6 is 11.3 Å². The minimum atomic E-state index is -3.76. The summed E-state index contributed by atoms with van der Waals surface area (Å²) in [6.07, 6.45) is -1.32. The Morgan fingerprint density at radius 2 is 1.83 bits per heavy atom. The number of nitrogens with one attached hydrogen (secondary N) is 1. The van der Waals surface area contributed by atoms with E-state index in [1.165, 1.54) is 34.9 Å². The van der Waals surface area contributed by atoms with Crippen LogP contribution < -0.4 is 10.1 Å². The van der Waals surface area contributed by atoms with Crippen molar-refractivity contribution in [3.63, 3.8) is 0 Å². The van der Waals surface area contributed by atoms with Crippen molar-refractivity contribution in [1.29, 1.82) is 0 Å². The number of rotatable bonds is 5. The van der Waals surface area contributed by atoms with Crippen LogP contribution in [0.1, 0.15) is 16.5 Å². The molecule has 2 heterocycles. The summed E-state index contributed by atoms with van der Waals surface area (Å²) in [4.78, 5) is 13.4. The number of fused-ring (bicyclic) bond motifs is 1. The predicted molar refractivity (Wildman–Crippen MR) is 114 cm³/mol. The van der Waals surface area contributed by atoms with Gasteiger partial charge in [-0.15, -0.1) is 11.3 Å². The van der Waals surface area contributed by atoms with Crippen molar-refractivity contribution < 1.29 is 22.7 Å². The molecule has 1 aromatic heterocycles. The number of methoxy groups -OCH3 is 1. The quantitative estimate of drug-likeness (QED) is 0.636. The van der Waals surface area contributed by atoms with Crippen LogP contribution in [0.5, 0.6) is 5.75 Å². The van der Waals surface area contributed by atoms with Gasteiger partial charge in [-0.25, -0.2) is 13.2 Å². The van der Waals surface area contributed by atoms with E-state index < -0.39 is 22.2 Å². The van der Waals surface area contributed by atoms with Crippen molar-refractivity contribution in [3.8, 4) is 5.75 Å². The fourth-order valence-corrected chi connectivity index (χ4v) is 5.61. The first-order valence-corrected chi connectivity index (χ1v) is 11.5. The summed E-state index contributed by atoms with van der Waals surface area (Å²) in [5, 5.41) is 4.55. The molecule has 30 heavy (non-hydrogen) atoms. The third-order valence-electron chi connectivity index (χ3n) is 4.76. The van der Waals surface area contributed by atoms with Crippen LogP contribution in [0, 0.1) is 0 Å². The Kier molecular flexibility index (Phi) is 5.76. The van der Waals surface area contributed by atoms with Gasteiger partial charge in [-0.1, -0.05) is 18.2 Å². The number of nitrogens with zero attached hydrogens (tertiary/aromatic N) is 1. The number of thiophene rings is 1. The molecule has 2 aromatic carbocycles. The maximum atomic E-state index is 13.2. The van der Waals surface area contributed by atoms with Crippen molar-refractivity contribution >= 4 is 33.1 Å². The zero-order chi connectivity index (χ0) is 21.1. The third-order valence-corrected chi connectivity index (χ3v) is 7.63. The molecule has 0 bridgehead atoms. The molecule has 3 aromatic rings. The Labute approximate surface area is 178 Å². The van der Waals surface area contributed by atoms with Crippen molar-refractivity contribution in [1.82, 2.24) is 4.31 Å². The summed E-state index contributed by atoms with van der Waals surface area (Å²) in [5.41, 5.74) is 1.44. The van der Waals surface area contributed by atoms with Gasteiger partial charge in [0.15, 0.2) is 6.10 Å². The van der Waals surface area contributed by atoms with Crippen molar-refractivity contribution in [2.45, 2.75) is 17.5 Å². The minimum Gasteiger partial charge on any atom is -0.497 e. The second-order valence-corrected chi connectivity index (χ2v) is 9.55. The van der Waals surface area contributed by atoms with Gasteiger partial charge in [-0.05, 0) is 53.4 Å². The number of carbonyl (C=O) groups excluding carboxylic acids is 1. The Balaban J connectivity index is 1.55. The average molecular weight is 445 g/mol. The summed E-state index contributed by atoms with van der Waals surface area (Å²) in [6, 6.07) is 17.0. The summed E-state index contributed by atoms with van der Waals surface area (Å²) in [6.45, 7) is 0.275. The molecule has 0 saturated heterocycles. The fourth-order valence-electron chi connectivity index (χ4n) is 3.25. The summed E-state index contributed by atoms with van der Waals surface area (Å²) < 4.78 is 38.4. The van der Waals surface area contributed by atoms with Crippen molar-refractivity contribution in [3.05, 3.63) is 76.5 Å². The molecule has 9 heteroatoms. The van der Waals surface area contributed by atoms with Gasteiger partial charge in [0.1, 0.15) is 5.75 Å². The number of para-hydroxylation sites is 1.